The molecule has 11 heteroatoms. The highest BCUT2D eigenvalue weighted by Gasteiger charge is 2.42. The SMILES string of the molecule is Cc1nn(C)cc1CN1CCN(C(=O)CCn2nc(C(F)(F)F)c(Cl)c2C2CC2)CC1. The zero-order valence-corrected chi connectivity index (χ0v) is 18.4. The van der Waals surface area contributed by atoms with Crippen LogP contribution in [0.4, 0.5) is 13.2 Å². The van der Waals surface area contributed by atoms with Crippen molar-refractivity contribution in [1.29, 1.82) is 0 Å². The van der Waals surface area contributed by atoms with Gasteiger partial charge >= 0.3 is 6.18 Å². The highest BCUT2D eigenvalue weighted by atomic mass is 35.5. The number of rotatable bonds is 6. The van der Waals surface area contributed by atoms with Crippen LogP contribution >= 0.6 is 11.6 Å². The number of alkyl halides is 3. The number of aromatic nitrogens is 4. The van der Waals surface area contributed by atoms with Crippen LogP contribution in [0, 0.1) is 6.92 Å². The summed E-state index contributed by atoms with van der Waals surface area (Å²) < 4.78 is 42.7. The van der Waals surface area contributed by atoms with Crippen LogP contribution < -0.4 is 0 Å². The van der Waals surface area contributed by atoms with Crippen LogP contribution in [0.15, 0.2) is 6.20 Å². The largest absolute Gasteiger partial charge is 0.436 e. The summed E-state index contributed by atoms with van der Waals surface area (Å²) in [5, 5.41) is 7.74. The molecule has 2 fully saturated rings. The van der Waals surface area contributed by atoms with Crippen molar-refractivity contribution in [1.82, 2.24) is 29.4 Å². The molecule has 1 aliphatic carbocycles. The summed E-state index contributed by atoms with van der Waals surface area (Å²) >= 11 is 6.00. The lowest BCUT2D eigenvalue weighted by molar-refractivity contribution is -0.141. The van der Waals surface area contributed by atoms with Crippen LogP contribution in [-0.2, 0) is 31.1 Å². The van der Waals surface area contributed by atoms with Gasteiger partial charge in [0, 0.05) is 63.9 Å². The summed E-state index contributed by atoms with van der Waals surface area (Å²) in [7, 11) is 1.90. The van der Waals surface area contributed by atoms with E-state index in [1.54, 1.807) is 9.58 Å². The second-order valence-electron chi connectivity index (χ2n) is 8.36. The molecule has 31 heavy (non-hydrogen) atoms. The van der Waals surface area contributed by atoms with Crippen molar-refractivity contribution in [3.63, 3.8) is 0 Å². The van der Waals surface area contributed by atoms with Crippen molar-refractivity contribution < 1.29 is 18.0 Å². The average Bonchev–Trinajstić information content (AvgIpc) is 3.40. The standard InChI is InChI=1S/C20H26ClF3N6O/c1-13-15(11-27(2)25-13)12-28-7-9-29(10-8-28)16(31)5-6-30-18(14-3-4-14)17(21)19(26-30)20(22,23)24/h11,14H,3-10,12H2,1-2H3. The number of carbonyl (C=O) groups is 1. The van der Waals surface area contributed by atoms with Crippen LogP contribution in [0.25, 0.3) is 0 Å². The highest BCUT2D eigenvalue weighted by Crippen LogP contribution is 2.46. The third-order valence-electron chi connectivity index (χ3n) is 5.94. The smallest absolute Gasteiger partial charge is 0.340 e. The lowest BCUT2D eigenvalue weighted by atomic mass is 10.2. The zero-order chi connectivity index (χ0) is 22.3. The fourth-order valence-corrected chi connectivity index (χ4v) is 4.51. The van der Waals surface area contributed by atoms with E-state index in [9.17, 15) is 18.0 Å². The first-order valence-corrected chi connectivity index (χ1v) is 10.8. The maximum Gasteiger partial charge on any atom is 0.436 e. The third kappa shape index (κ3) is 4.90. The molecule has 2 aromatic rings. The van der Waals surface area contributed by atoms with E-state index in [2.05, 4.69) is 15.1 Å². The van der Waals surface area contributed by atoms with Crippen molar-refractivity contribution in [2.45, 2.75) is 51.4 Å². The van der Waals surface area contributed by atoms with Gasteiger partial charge in [-0.2, -0.15) is 23.4 Å². The number of carbonyl (C=O) groups excluding carboxylic acids is 1. The minimum Gasteiger partial charge on any atom is -0.340 e. The third-order valence-corrected chi connectivity index (χ3v) is 6.31. The normalized spacial score (nSPS) is 18.1. The predicted molar refractivity (Wildman–Crippen MR) is 109 cm³/mol. The van der Waals surface area contributed by atoms with E-state index in [-0.39, 0.29) is 29.8 Å². The second-order valence-corrected chi connectivity index (χ2v) is 8.74. The van der Waals surface area contributed by atoms with Crippen molar-refractivity contribution >= 4 is 17.5 Å². The predicted octanol–water partition coefficient (Wildman–Crippen LogP) is 3.21. The number of amides is 1. The quantitative estimate of drug-likeness (QED) is 0.667. The number of nitrogens with zero attached hydrogens (tertiary/aromatic N) is 6. The first-order valence-electron chi connectivity index (χ1n) is 10.5. The Hall–Kier alpha value is -2.07. The summed E-state index contributed by atoms with van der Waals surface area (Å²) in [6.07, 6.45) is -0.880. The molecule has 0 aromatic carbocycles. The molecule has 170 valence electrons. The Balaban J connectivity index is 1.32. The van der Waals surface area contributed by atoms with E-state index in [1.165, 1.54) is 10.2 Å². The fourth-order valence-electron chi connectivity index (χ4n) is 4.11. The maximum absolute atomic E-state index is 13.2. The van der Waals surface area contributed by atoms with Crippen LogP contribution in [0.1, 0.15) is 47.8 Å². The monoisotopic (exact) mass is 458 g/mol. The molecule has 1 saturated heterocycles. The lowest BCUT2D eigenvalue weighted by Gasteiger charge is -2.34. The van der Waals surface area contributed by atoms with Gasteiger partial charge in [-0.05, 0) is 19.8 Å². The van der Waals surface area contributed by atoms with E-state index in [0.717, 1.165) is 38.2 Å². The van der Waals surface area contributed by atoms with Crippen LogP contribution in [-0.4, -0.2) is 61.4 Å². The van der Waals surface area contributed by atoms with Gasteiger partial charge in [-0.3, -0.25) is 19.1 Å². The minimum atomic E-state index is -4.60. The van der Waals surface area contributed by atoms with E-state index in [0.29, 0.717) is 18.8 Å². The van der Waals surface area contributed by atoms with Crippen molar-refractivity contribution in [3.8, 4) is 0 Å². The summed E-state index contributed by atoms with van der Waals surface area (Å²) in [6.45, 7) is 5.58. The second kappa shape index (κ2) is 8.46. The van der Waals surface area contributed by atoms with Crippen molar-refractivity contribution in [3.05, 3.63) is 33.9 Å². The van der Waals surface area contributed by atoms with Gasteiger partial charge in [0.15, 0.2) is 5.69 Å². The Morgan fingerprint density at radius 3 is 2.42 bits per heavy atom. The highest BCUT2D eigenvalue weighted by molar-refractivity contribution is 6.32. The number of piperazine rings is 1. The Kier molecular flexibility index (Phi) is 6.04. The van der Waals surface area contributed by atoms with E-state index < -0.39 is 11.9 Å². The zero-order valence-electron chi connectivity index (χ0n) is 17.6. The minimum absolute atomic E-state index is 0.00526. The van der Waals surface area contributed by atoms with Gasteiger partial charge in [-0.15, -0.1) is 0 Å². The van der Waals surface area contributed by atoms with Gasteiger partial charge in [0.25, 0.3) is 0 Å². The topological polar surface area (TPSA) is 59.2 Å². The Morgan fingerprint density at radius 1 is 1.19 bits per heavy atom. The van der Waals surface area contributed by atoms with Crippen LogP contribution in [0.3, 0.4) is 0 Å². The van der Waals surface area contributed by atoms with Crippen molar-refractivity contribution in [2.24, 2.45) is 7.05 Å². The Labute approximate surface area is 183 Å². The molecule has 4 rings (SSSR count). The summed E-state index contributed by atoms with van der Waals surface area (Å²) in [5.41, 5.74) is 1.54. The van der Waals surface area contributed by atoms with Crippen LogP contribution in [0.2, 0.25) is 5.02 Å². The molecule has 0 spiro atoms. The van der Waals surface area contributed by atoms with Gasteiger partial charge in [0.05, 0.1) is 23.0 Å². The first kappa shape index (κ1) is 22.1. The molecule has 1 saturated carbocycles. The van der Waals surface area contributed by atoms with E-state index in [1.807, 2.05) is 20.2 Å². The molecule has 0 unspecified atom stereocenters. The van der Waals surface area contributed by atoms with Gasteiger partial charge in [0.1, 0.15) is 0 Å². The molecule has 0 bridgehead atoms. The van der Waals surface area contributed by atoms with Gasteiger partial charge in [-0.25, -0.2) is 0 Å². The summed E-state index contributed by atoms with van der Waals surface area (Å²) in [5.74, 6) is -0.0650. The van der Waals surface area contributed by atoms with Crippen molar-refractivity contribution in [2.75, 3.05) is 26.2 Å². The molecule has 0 radical (unpaired) electrons. The fraction of sp³-hybridized carbons (Fsp3) is 0.650. The number of hydrogen-bond acceptors (Lipinski definition) is 4. The van der Waals surface area contributed by atoms with Gasteiger partial charge in [0.2, 0.25) is 5.91 Å². The Morgan fingerprint density at radius 2 is 1.87 bits per heavy atom. The lowest BCUT2D eigenvalue weighted by Crippen LogP contribution is -2.48. The molecular formula is C20H26ClF3N6O. The molecule has 3 heterocycles. The molecule has 2 aromatic heterocycles. The maximum atomic E-state index is 13.2. The van der Waals surface area contributed by atoms with Gasteiger partial charge < -0.3 is 4.90 Å². The molecule has 0 N–H and O–H groups in total. The molecule has 0 atom stereocenters. The van der Waals surface area contributed by atoms with E-state index in [4.69, 9.17) is 11.6 Å². The van der Waals surface area contributed by atoms with E-state index >= 15 is 0 Å². The summed E-state index contributed by atoms with van der Waals surface area (Å²) in [4.78, 5) is 16.7. The first-order chi connectivity index (χ1) is 14.6. The molecular weight excluding hydrogens is 433 g/mol. The number of aryl methyl sites for hydroxylation is 3. The summed E-state index contributed by atoms with van der Waals surface area (Å²) in [6, 6.07) is 0. The number of halogens is 4. The van der Waals surface area contributed by atoms with Gasteiger partial charge in [-0.1, -0.05) is 11.6 Å². The molecule has 7 nitrogen and oxygen atoms in total. The number of hydrogen-bond donors (Lipinski definition) is 0. The molecule has 1 aliphatic heterocycles. The average molecular weight is 459 g/mol. The Bertz CT molecular complexity index is 957. The molecule has 2 aliphatic rings. The molecule has 1 amide bonds. The van der Waals surface area contributed by atoms with Crippen LogP contribution in [0.5, 0.6) is 0 Å².